The quantitative estimate of drug-likeness (QED) is 0.809. The molecule has 1 aromatic carbocycles. The Kier molecular flexibility index (Phi) is 6.42. The van der Waals surface area contributed by atoms with Gasteiger partial charge in [0.05, 0.1) is 24.3 Å². The lowest BCUT2D eigenvalue weighted by atomic mass is 10.2. The molecule has 4 nitrogen and oxygen atoms in total. The first-order valence-corrected chi connectivity index (χ1v) is 6.73. The second-order valence-electron chi connectivity index (χ2n) is 4.76. The summed E-state index contributed by atoms with van der Waals surface area (Å²) >= 11 is 6.22. The summed E-state index contributed by atoms with van der Waals surface area (Å²) in [7, 11) is 1.59. The third kappa shape index (κ3) is 5.27. The summed E-state index contributed by atoms with van der Waals surface area (Å²) < 4.78 is 11.0. The Morgan fingerprint density at radius 3 is 2.53 bits per heavy atom. The maximum Gasteiger partial charge on any atom is 0.180 e. The molecular formula is C14H22ClNO3. The van der Waals surface area contributed by atoms with Gasteiger partial charge in [0.15, 0.2) is 11.5 Å². The van der Waals surface area contributed by atoms with E-state index < -0.39 is 0 Å². The van der Waals surface area contributed by atoms with Crippen molar-refractivity contribution < 1.29 is 14.6 Å². The number of rotatable bonds is 7. The Balaban J connectivity index is 2.83. The largest absolute Gasteiger partial charge is 0.493 e. The van der Waals surface area contributed by atoms with Crippen LogP contribution in [0.4, 0.5) is 0 Å². The van der Waals surface area contributed by atoms with Gasteiger partial charge in [0.1, 0.15) is 0 Å². The first-order chi connectivity index (χ1) is 8.93. The molecule has 1 rings (SSSR count). The van der Waals surface area contributed by atoms with E-state index in [-0.39, 0.29) is 12.2 Å². The van der Waals surface area contributed by atoms with Crippen LogP contribution in [0.2, 0.25) is 5.02 Å². The van der Waals surface area contributed by atoms with Crippen molar-refractivity contribution in [3.05, 3.63) is 22.7 Å². The molecule has 0 amide bonds. The standard InChI is InChI=1S/C14H22ClNO3/c1-9(2)19-14-12(15)5-11(6-13(14)18-4)8-16-7-10(3)17/h5-6,9-10,16-17H,7-8H2,1-4H3. The van der Waals surface area contributed by atoms with Crippen LogP contribution in [0.15, 0.2) is 12.1 Å². The number of hydrogen-bond acceptors (Lipinski definition) is 4. The molecule has 0 bridgehead atoms. The normalized spacial score (nSPS) is 12.6. The van der Waals surface area contributed by atoms with Gasteiger partial charge in [-0.3, -0.25) is 0 Å². The fraction of sp³-hybridized carbons (Fsp3) is 0.571. The van der Waals surface area contributed by atoms with Crippen LogP contribution in [0, 0.1) is 0 Å². The molecule has 1 aromatic rings. The zero-order chi connectivity index (χ0) is 14.4. The van der Waals surface area contributed by atoms with E-state index in [1.807, 2.05) is 26.0 Å². The summed E-state index contributed by atoms with van der Waals surface area (Å²) in [6.07, 6.45) is -0.341. The topological polar surface area (TPSA) is 50.7 Å². The second kappa shape index (κ2) is 7.58. The molecule has 0 aliphatic carbocycles. The molecule has 0 heterocycles. The monoisotopic (exact) mass is 287 g/mol. The number of benzene rings is 1. The number of ether oxygens (including phenoxy) is 2. The highest BCUT2D eigenvalue weighted by Gasteiger charge is 2.13. The first kappa shape index (κ1) is 16.1. The molecule has 108 valence electrons. The van der Waals surface area contributed by atoms with Crippen molar-refractivity contribution in [2.24, 2.45) is 0 Å². The molecule has 0 saturated heterocycles. The fourth-order valence-electron chi connectivity index (χ4n) is 1.65. The highest BCUT2D eigenvalue weighted by molar-refractivity contribution is 6.32. The number of aliphatic hydroxyl groups excluding tert-OH is 1. The van der Waals surface area contributed by atoms with Crippen molar-refractivity contribution in [2.75, 3.05) is 13.7 Å². The third-order valence-electron chi connectivity index (χ3n) is 2.41. The Morgan fingerprint density at radius 1 is 1.32 bits per heavy atom. The molecule has 5 heteroatoms. The Labute approximate surface area is 119 Å². The van der Waals surface area contributed by atoms with E-state index in [4.69, 9.17) is 21.1 Å². The summed E-state index contributed by atoms with van der Waals surface area (Å²) in [5.41, 5.74) is 0.985. The molecule has 0 radical (unpaired) electrons. The van der Waals surface area contributed by atoms with Gasteiger partial charge in [-0.15, -0.1) is 0 Å². The Morgan fingerprint density at radius 2 is 2.00 bits per heavy atom. The molecule has 2 N–H and O–H groups in total. The van der Waals surface area contributed by atoms with Crippen molar-refractivity contribution in [1.82, 2.24) is 5.32 Å². The zero-order valence-corrected chi connectivity index (χ0v) is 12.6. The lowest BCUT2D eigenvalue weighted by Crippen LogP contribution is -2.23. The predicted octanol–water partition coefficient (Wildman–Crippen LogP) is 2.61. The zero-order valence-electron chi connectivity index (χ0n) is 11.9. The average Bonchev–Trinajstić information content (AvgIpc) is 2.31. The van der Waals surface area contributed by atoms with Gasteiger partial charge in [0, 0.05) is 13.1 Å². The lowest BCUT2D eigenvalue weighted by molar-refractivity contribution is 0.191. The van der Waals surface area contributed by atoms with E-state index >= 15 is 0 Å². The fourth-order valence-corrected chi connectivity index (χ4v) is 1.93. The molecule has 1 atom stereocenters. The van der Waals surface area contributed by atoms with E-state index in [9.17, 15) is 5.11 Å². The van der Waals surface area contributed by atoms with E-state index in [1.165, 1.54) is 0 Å². The summed E-state index contributed by atoms with van der Waals surface area (Å²) in [6, 6.07) is 3.73. The van der Waals surface area contributed by atoms with E-state index in [0.717, 1.165) is 5.56 Å². The highest BCUT2D eigenvalue weighted by atomic mass is 35.5. The maximum absolute atomic E-state index is 9.20. The summed E-state index contributed by atoms with van der Waals surface area (Å²) in [4.78, 5) is 0. The van der Waals surface area contributed by atoms with Gasteiger partial charge in [-0.25, -0.2) is 0 Å². The molecule has 0 aliphatic rings. The van der Waals surface area contributed by atoms with Gasteiger partial charge in [0.25, 0.3) is 0 Å². The molecule has 0 aromatic heterocycles. The molecular weight excluding hydrogens is 266 g/mol. The van der Waals surface area contributed by atoms with Crippen molar-refractivity contribution in [1.29, 1.82) is 0 Å². The molecule has 0 aliphatic heterocycles. The van der Waals surface area contributed by atoms with Crippen molar-refractivity contribution in [3.8, 4) is 11.5 Å². The van der Waals surface area contributed by atoms with Crippen LogP contribution in [0.3, 0.4) is 0 Å². The van der Waals surface area contributed by atoms with E-state index in [2.05, 4.69) is 5.32 Å². The van der Waals surface area contributed by atoms with E-state index in [1.54, 1.807) is 14.0 Å². The van der Waals surface area contributed by atoms with Crippen LogP contribution >= 0.6 is 11.6 Å². The second-order valence-corrected chi connectivity index (χ2v) is 5.16. The van der Waals surface area contributed by atoms with Crippen LogP contribution < -0.4 is 14.8 Å². The summed E-state index contributed by atoms with van der Waals surface area (Å²) in [5, 5.41) is 12.9. The number of nitrogens with one attached hydrogen (secondary N) is 1. The minimum absolute atomic E-state index is 0.0330. The number of aliphatic hydroxyl groups is 1. The van der Waals surface area contributed by atoms with Crippen molar-refractivity contribution >= 4 is 11.6 Å². The summed E-state index contributed by atoms with van der Waals surface area (Å²) in [6.45, 7) is 6.76. The van der Waals surface area contributed by atoms with Gasteiger partial charge in [0.2, 0.25) is 0 Å². The molecule has 0 fully saturated rings. The van der Waals surface area contributed by atoms with Crippen LogP contribution in [0.25, 0.3) is 0 Å². The molecule has 0 saturated carbocycles. The number of hydrogen-bond donors (Lipinski definition) is 2. The number of halogens is 1. The van der Waals surface area contributed by atoms with Crippen LogP contribution in [0.5, 0.6) is 11.5 Å². The third-order valence-corrected chi connectivity index (χ3v) is 2.69. The van der Waals surface area contributed by atoms with Crippen molar-refractivity contribution in [3.63, 3.8) is 0 Å². The van der Waals surface area contributed by atoms with Crippen LogP contribution in [0.1, 0.15) is 26.3 Å². The minimum Gasteiger partial charge on any atom is -0.493 e. The average molecular weight is 288 g/mol. The van der Waals surface area contributed by atoms with E-state index in [0.29, 0.717) is 29.6 Å². The molecule has 19 heavy (non-hydrogen) atoms. The smallest absolute Gasteiger partial charge is 0.180 e. The Bertz CT molecular complexity index is 408. The van der Waals surface area contributed by atoms with Gasteiger partial charge in [-0.1, -0.05) is 11.6 Å². The predicted molar refractivity (Wildman–Crippen MR) is 77.2 cm³/mol. The van der Waals surface area contributed by atoms with Crippen LogP contribution in [-0.2, 0) is 6.54 Å². The summed E-state index contributed by atoms with van der Waals surface area (Å²) in [5.74, 6) is 1.19. The molecule has 0 spiro atoms. The Hall–Kier alpha value is -0.970. The van der Waals surface area contributed by atoms with Gasteiger partial charge in [-0.05, 0) is 38.5 Å². The first-order valence-electron chi connectivity index (χ1n) is 6.36. The van der Waals surface area contributed by atoms with Gasteiger partial charge < -0.3 is 19.9 Å². The van der Waals surface area contributed by atoms with Crippen LogP contribution in [-0.4, -0.2) is 31.0 Å². The SMILES string of the molecule is COc1cc(CNCC(C)O)cc(Cl)c1OC(C)C. The highest BCUT2D eigenvalue weighted by Crippen LogP contribution is 2.37. The van der Waals surface area contributed by atoms with Crippen molar-refractivity contribution in [2.45, 2.75) is 39.5 Å². The number of methoxy groups -OCH3 is 1. The van der Waals surface area contributed by atoms with Gasteiger partial charge in [-0.2, -0.15) is 0 Å². The van der Waals surface area contributed by atoms with Gasteiger partial charge >= 0.3 is 0 Å². The molecule has 1 unspecified atom stereocenters. The lowest BCUT2D eigenvalue weighted by Gasteiger charge is -2.16. The maximum atomic E-state index is 9.20. The minimum atomic E-state index is -0.374.